The molecule has 7 heteroatoms. The Labute approximate surface area is 232 Å². The molecule has 3 heterocycles. The average molecular weight is 543 g/mol. The van der Waals surface area contributed by atoms with Crippen LogP contribution in [0.15, 0.2) is 72.9 Å². The van der Waals surface area contributed by atoms with E-state index in [-0.39, 0.29) is 12.1 Å². The molecule has 0 spiro atoms. The Kier molecular flexibility index (Phi) is 6.37. The van der Waals surface area contributed by atoms with Crippen LogP contribution in [0.3, 0.4) is 0 Å². The molecule has 0 fully saturated rings. The number of fused-ring (bicyclic) bond motifs is 2. The van der Waals surface area contributed by atoms with E-state index in [1.807, 2.05) is 6.20 Å². The summed E-state index contributed by atoms with van der Waals surface area (Å²) < 4.78 is 43.7. The summed E-state index contributed by atoms with van der Waals surface area (Å²) in [5, 5.41) is 6.39. The minimum absolute atomic E-state index is 0.182. The lowest BCUT2D eigenvalue weighted by atomic mass is 9.97. The molecular formula is C33H33F3N4. The van der Waals surface area contributed by atoms with E-state index < -0.39 is 17.3 Å². The molecule has 0 saturated carbocycles. The minimum atomic E-state index is -4.40. The van der Waals surface area contributed by atoms with Gasteiger partial charge in [0.2, 0.25) is 0 Å². The molecule has 0 unspecified atom stereocenters. The van der Waals surface area contributed by atoms with Crippen molar-refractivity contribution in [2.45, 2.75) is 65.3 Å². The zero-order valence-corrected chi connectivity index (χ0v) is 23.2. The zero-order chi connectivity index (χ0) is 28.2. The van der Waals surface area contributed by atoms with Crippen molar-refractivity contribution < 1.29 is 13.2 Å². The van der Waals surface area contributed by atoms with Crippen LogP contribution in [0, 0.1) is 0 Å². The van der Waals surface area contributed by atoms with Crippen LogP contribution in [0.4, 0.5) is 13.2 Å². The van der Waals surface area contributed by atoms with E-state index in [0.29, 0.717) is 6.54 Å². The van der Waals surface area contributed by atoms with Gasteiger partial charge in [0.1, 0.15) is 0 Å². The standard InChI is InChI=1S/C33H33F3N4/c1-5-21-11-9-12-22(6-2)29(21)40-30(24-14-15-28-23(18-24)16-17-37-28)26-20-39(32(3,4)31(26)38-40)19-25-10-7-8-13-27(25)33(34,35)36/h7-18,37H,5-6,19-20H2,1-4H3. The number of nitrogens with one attached hydrogen (secondary N) is 1. The van der Waals surface area contributed by atoms with Gasteiger partial charge in [-0.25, -0.2) is 4.68 Å². The highest BCUT2D eigenvalue weighted by molar-refractivity contribution is 5.85. The van der Waals surface area contributed by atoms with Crippen LogP contribution in [-0.2, 0) is 37.6 Å². The zero-order valence-electron chi connectivity index (χ0n) is 23.2. The second-order valence-electron chi connectivity index (χ2n) is 11.1. The van der Waals surface area contributed by atoms with Crippen LogP contribution >= 0.6 is 0 Å². The molecule has 0 radical (unpaired) electrons. The molecule has 1 N–H and O–H groups in total. The summed E-state index contributed by atoms with van der Waals surface area (Å²) in [6, 6.07) is 20.7. The lowest BCUT2D eigenvalue weighted by Crippen LogP contribution is -2.36. The first kappa shape index (κ1) is 26.4. The molecule has 40 heavy (non-hydrogen) atoms. The summed E-state index contributed by atoms with van der Waals surface area (Å²) in [6.45, 7) is 9.14. The fourth-order valence-electron chi connectivity index (χ4n) is 6.17. The van der Waals surface area contributed by atoms with Gasteiger partial charge in [-0.05, 0) is 67.6 Å². The van der Waals surface area contributed by atoms with Gasteiger partial charge in [-0.15, -0.1) is 0 Å². The summed E-state index contributed by atoms with van der Waals surface area (Å²) in [5.74, 6) is 0. The smallest absolute Gasteiger partial charge is 0.361 e. The van der Waals surface area contributed by atoms with E-state index in [1.165, 1.54) is 23.3 Å². The van der Waals surface area contributed by atoms with Gasteiger partial charge in [0.15, 0.2) is 0 Å². The average Bonchev–Trinajstić information content (AvgIpc) is 3.61. The molecule has 0 bridgehead atoms. The molecule has 4 nitrogen and oxygen atoms in total. The van der Waals surface area contributed by atoms with Crippen molar-refractivity contribution in [3.05, 3.63) is 106 Å². The van der Waals surface area contributed by atoms with Gasteiger partial charge < -0.3 is 4.98 Å². The predicted octanol–water partition coefficient (Wildman–Crippen LogP) is 8.42. The molecule has 1 aliphatic rings. The van der Waals surface area contributed by atoms with Crippen LogP contribution in [0.2, 0.25) is 0 Å². The van der Waals surface area contributed by atoms with Crippen LogP contribution in [0.1, 0.15) is 61.2 Å². The molecule has 6 rings (SSSR count). The van der Waals surface area contributed by atoms with E-state index >= 15 is 0 Å². The number of hydrogen-bond donors (Lipinski definition) is 1. The Morgan fingerprint density at radius 3 is 2.30 bits per heavy atom. The van der Waals surface area contributed by atoms with E-state index in [9.17, 15) is 13.2 Å². The summed E-state index contributed by atoms with van der Waals surface area (Å²) in [4.78, 5) is 5.38. The maximum atomic E-state index is 13.9. The Balaban J connectivity index is 1.54. The molecular weight excluding hydrogens is 509 g/mol. The van der Waals surface area contributed by atoms with Crippen molar-refractivity contribution in [3.63, 3.8) is 0 Å². The van der Waals surface area contributed by atoms with Crippen LogP contribution in [0.25, 0.3) is 27.8 Å². The lowest BCUT2D eigenvalue weighted by Gasteiger charge is -2.32. The van der Waals surface area contributed by atoms with E-state index in [0.717, 1.165) is 51.9 Å². The first-order valence-corrected chi connectivity index (χ1v) is 13.8. The van der Waals surface area contributed by atoms with Crippen molar-refractivity contribution in [2.75, 3.05) is 0 Å². The maximum absolute atomic E-state index is 13.9. The van der Waals surface area contributed by atoms with Crippen molar-refractivity contribution in [3.8, 4) is 16.9 Å². The second kappa shape index (κ2) is 9.66. The van der Waals surface area contributed by atoms with Crippen molar-refractivity contribution in [1.29, 1.82) is 0 Å². The summed E-state index contributed by atoms with van der Waals surface area (Å²) >= 11 is 0. The largest absolute Gasteiger partial charge is 0.416 e. The SMILES string of the molecule is CCc1cccc(CC)c1-n1nc2c(c1-c1ccc3[nH]ccc3c1)CN(Cc1ccccc1C(F)(F)F)C2(C)C. The van der Waals surface area contributed by atoms with Crippen molar-refractivity contribution in [2.24, 2.45) is 0 Å². The highest BCUT2D eigenvalue weighted by Gasteiger charge is 2.44. The molecule has 2 aromatic heterocycles. The number of benzene rings is 3. The van der Waals surface area contributed by atoms with Gasteiger partial charge >= 0.3 is 6.18 Å². The number of aryl methyl sites for hydroxylation is 2. The Hall–Kier alpha value is -3.84. The number of para-hydroxylation sites is 1. The third kappa shape index (κ3) is 4.24. The van der Waals surface area contributed by atoms with Gasteiger partial charge in [0, 0.05) is 41.3 Å². The number of halogens is 3. The molecule has 0 amide bonds. The van der Waals surface area contributed by atoms with Gasteiger partial charge in [0.05, 0.1) is 28.2 Å². The molecule has 1 aliphatic heterocycles. The number of hydrogen-bond acceptors (Lipinski definition) is 2. The fraction of sp³-hybridized carbons (Fsp3) is 0.303. The Morgan fingerprint density at radius 2 is 1.60 bits per heavy atom. The third-order valence-electron chi connectivity index (χ3n) is 8.39. The molecule has 0 saturated heterocycles. The van der Waals surface area contributed by atoms with Crippen LogP contribution in [-0.4, -0.2) is 19.7 Å². The first-order valence-electron chi connectivity index (χ1n) is 13.8. The quantitative estimate of drug-likeness (QED) is 0.234. The molecule has 5 aromatic rings. The Morgan fingerprint density at radius 1 is 0.900 bits per heavy atom. The minimum Gasteiger partial charge on any atom is -0.361 e. The predicted molar refractivity (Wildman–Crippen MR) is 153 cm³/mol. The number of nitrogens with zero attached hydrogens (tertiary/aromatic N) is 3. The van der Waals surface area contributed by atoms with Crippen molar-refractivity contribution >= 4 is 10.9 Å². The van der Waals surface area contributed by atoms with Gasteiger partial charge in [-0.3, -0.25) is 4.90 Å². The number of aromatic amines is 1. The Bertz CT molecular complexity index is 1680. The normalized spacial score (nSPS) is 15.2. The lowest BCUT2D eigenvalue weighted by molar-refractivity contribution is -0.138. The van der Waals surface area contributed by atoms with Crippen LogP contribution in [0.5, 0.6) is 0 Å². The van der Waals surface area contributed by atoms with E-state index in [1.54, 1.807) is 12.1 Å². The number of rotatable bonds is 6. The van der Waals surface area contributed by atoms with Gasteiger partial charge in [-0.1, -0.05) is 56.3 Å². The summed E-state index contributed by atoms with van der Waals surface area (Å²) in [7, 11) is 0. The van der Waals surface area contributed by atoms with E-state index in [2.05, 4.69) is 84.7 Å². The maximum Gasteiger partial charge on any atom is 0.416 e. The molecule has 3 aromatic carbocycles. The summed E-state index contributed by atoms with van der Waals surface area (Å²) in [6.07, 6.45) is -0.733. The third-order valence-corrected chi connectivity index (χ3v) is 8.39. The topological polar surface area (TPSA) is 36.9 Å². The van der Waals surface area contributed by atoms with E-state index in [4.69, 9.17) is 5.10 Å². The highest BCUT2D eigenvalue weighted by atomic mass is 19.4. The van der Waals surface area contributed by atoms with Gasteiger partial charge in [0.25, 0.3) is 0 Å². The monoisotopic (exact) mass is 542 g/mol. The first-order chi connectivity index (χ1) is 19.1. The number of aromatic nitrogens is 3. The fourth-order valence-corrected chi connectivity index (χ4v) is 6.17. The molecule has 0 atom stereocenters. The van der Waals surface area contributed by atoms with Gasteiger partial charge in [-0.2, -0.15) is 18.3 Å². The molecule has 206 valence electrons. The number of alkyl halides is 3. The second-order valence-corrected chi connectivity index (χ2v) is 11.1. The highest BCUT2D eigenvalue weighted by Crippen LogP contribution is 2.46. The number of H-pyrrole nitrogens is 1. The molecule has 0 aliphatic carbocycles. The summed E-state index contributed by atoms with van der Waals surface area (Å²) in [5.41, 5.74) is 7.76. The van der Waals surface area contributed by atoms with Crippen molar-refractivity contribution in [1.82, 2.24) is 19.7 Å². The van der Waals surface area contributed by atoms with Crippen LogP contribution < -0.4 is 0 Å².